The summed E-state index contributed by atoms with van der Waals surface area (Å²) in [5, 5.41) is 15.6. The summed E-state index contributed by atoms with van der Waals surface area (Å²) in [5.74, 6) is -1.52. The van der Waals surface area contributed by atoms with Crippen LogP contribution in [0.3, 0.4) is 0 Å². The predicted molar refractivity (Wildman–Crippen MR) is 71.4 cm³/mol. The summed E-state index contributed by atoms with van der Waals surface area (Å²) in [5.41, 5.74) is 0.765. The van der Waals surface area contributed by atoms with Gasteiger partial charge in [0.25, 0.3) is 5.91 Å². The van der Waals surface area contributed by atoms with E-state index in [1.165, 1.54) is 16.9 Å². The molecule has 0 saturated carbocycles. The van der Waals surface area contributed by atoms with Crippen LogP contribution in [0.2, 0.25) is 0 Å². The van der Waals surface area contributed by atoms with E-state index in [2.05, 4.69) is 15.4 Å². The second kappa shape index (κ2) is 6.14. The molecule has 0 fully saturated rings. The summed E-state index contributed by atoms with van der Waals surface area (Å²) < 4.78 is 1.38. The van der Waals surface area contributed by atoms with E-state index in [0.717, 1.165) is 12.8 Å². The molecular formula is C13H16N4O3. The first-order valence-electron chi connectivity index (χ1n) is 6.46. The van der Waals surface area contributed by atoms with Crippen molar-refractivity contribution < 1.29 is 14.7 Å². The zero-order chi connectivity index (χ0) is 14.5. The highest BCUT2D eigenvalue weighted by Crippen LogP contribution is 2.06. The number of nitrogens with zero attached hydrogens (tertiary/aromatic N) is 3. The summed E-state index contributed by atoms with van der Waals surface area (Å²) in [6.07, 6.45) is 4.94. The van der Waals surface area contributed by atoms with E-state index < -0.39 is 17.9 Å². The van der Waals surface area contributed by atoms with Crippen molar-refractivity contribution in [3.63, 3.8) is 0 Å². The van der Waals surface area contributed by atoms with Gasteiger partial charge in [-0.15, -0.1) is 0 Å². The van der Waals surface area contributed by atoms with Crippen LogP contribution in [-0.4, -0.2) is 37.6 Å². The van der Waals surface area contributed by atoms with E-state index in [9.17, 15) is 9.59 Å². The zero-order valence-electron chi connectivity index (χ0n) is 11.1. The van der Waals surface area contributed by atoms with Crippen molar-refractivity contribution in [2.24, 2.45) is 0 Å². The maximum atomic E-state index is 12.1. The molecule has 0 aliphatic carbocycles. The summed E-state index contributed by atoms with van der Waals surface area (Å²) in [6.45, 7) is 1.97. The van der Waals surface area contributed by atoms with Crippen molar-refractivity contribution in [1.29, 1.82) is 0 Å². The molecule has 0 aliphatic heterocycles. The van der Waals surface area contributed by atoms with Gasteiger partial charge in [-0.05, 0) is 18.6 Å². The summed E-state index contributed by atoms with van der Waals surface area (Å²) in [6, 6.07) is 2.54. The van der Waals surface area contributed by atoms with Crippen LogP contribution >= 0.6 is 0 Å². The average molecular weight is 276 g/mol. The minimum atomic E-state index is -1.03. The molecule has 2 aromatic rings. The van der Waals surface area contributed by atoms with Crippen LogP contribution in [0.5, 0.6) is 0 Å². The van der Waals surface area contributed by atoms with E-state index >= 15 is 0 Å². The summed E-state index contributed by atoms with van der Waals surface area (Å²) >= 11 is 0. The Balaban J connectivity index is 2.16. The van der Waals surface area contributed by atoms with Gasteiger partial charge in [0.05, 0.1) is 6.20 Å². The van der Waals surface area contributed by atoms with Crippen LogP contribution in [0.1, 0.15) is 36.7 Å². The lowest BCUT2D eigenvalue weighted by Crippen LogP contribution is -2.41. The number of nitrogens with one attached hydrogen (secondary N) is 1. The van der Waals surface area contributed by atoms with Crippen molar-refractivity contribution in [3.05, 3.63) is 30.2 Å². The number of carboxylic acid groups (broad SMARTS) is 1. The van der Waals surface area contributed by atoms with E-state index in [1.807, 2.05) is 6.92 Å². The van der Waals surface area contributed by atoms with Gasteiger partial charge in [-0.3, -0.25) is 4.79 Å². The minimum absolute atomic E-state index is 0.225. The van der Waals surface area contributed by atoms with Crippen LogP contribution in [0.25, 0.3) is 5.65 Å². The maximum Gasteiger partial charge on any atom is 0.326 e. The molecule has 0 aromatic carbocycles. The standard InChI is InChI=1S/C13H16N4O3/c1-2-3-5-9(13(19)20)16-12(18)10-8-14-11-6-4-7-15-17(10)11/h4,6-9H,2-3,5H2,1H3,(H,16,18)(H,19,20). The molecule has 2 rings (SSSR count). The molecule has 7 nitrogen and oxygen atoms in total. The molecule has 1 unspecified atom stereocenters. The smallest absolute Gasteiger partial charge is 0.326 e. The minimum Gasteiger partial charge on any atom is -0.480 e. The molecule has 106 valence electrons. The monoisotopic (exact) mass is 276 g/mol. The molecule has 0 saturated heterocycles. The SMILES string of the molecule is CCCCC(NC(=O)c1cnc2cccnn12)C(=O)O. The van der Waals surface area contributed by atoms with E-state index in [0.29, 0.717) is 12.1 Å². The van der Waals surface area contributed by atoms with Crippen molar-refractivity contribution in [2.75, 3.05) is 0 Å². The Hall–Kier alpha value is -2.44. The van der Waals surface area contributed by atoms with Crippen molar-refractivity contribution in [1.82, 2.24) is 19.9 Å². The molecule has 1 atom stereocenters. The van der Waals surface area contributed by atoms with E-state index in [4.69, 9.17) is 5.11 Å². The number of hydrogen-bond acceptors (Lipinski definition) is 4. The maximum absolute atomic E-state index is 12.1. The lowest BCUT2D eigenvalue weighted by atomic mass is 10.1. The average Bonchev–Trinajstić information content (AvgIpc) is 2.87. The van der Waals surface area contributed by atoms with Crippen molar-refractivity contribution in [3.8, 4) is 0 Å². The predicted octanol–water partition coefficient (Wildman–Crippen LogP) is 1.10. The first-order chi connectivity index (χ1) is 9.63. The zero-order valence-corrected chi connectivity index (χ0v) is 11.1. The number of carbonyl (C=O) groups excluding carboxylic acids is 1. The number of hydrogen-bond donors (Lipinski definition) is 2. The van der Waals surface area contributed by atoms with E-state index in [-0.39, 0.29) is 5.69 Å². The molecular weight excluding hydrogens is 260 g/mol. The quantitative estimate of drug-likeness (QED) is 0.823. The summed E-state index contributed by atoms with van der Waals surface area (Å²) in [7, 11) is 0. The third-order valence-corrected chi connectivity index (χ3v) is 2.96. The first-order valence-corrected chi connectivity index (χ1v) is 6.46. The fraction of sp³-hybridized carbons (Fsp3) is 0.385. The van der Waals surface area contributed by atoms with E-state index in [1.54, 1.807) is 12.1 Å². The van der Waals surface area contributed by atoms with Gasteiger partial charge in [-0.1, -0.05) is 19.8 Å². The lowest BCUT2D eigenvalue weighted by Gasteiger charge is -2.13. The number of rotatable bonds is 6. The molecule has 0 aliphatic rings. The largest absolute Gasteiger partial charge is 0.480 e. The third kappa shape index (κ3) is 2.93. The van der Waals surface area contributed by atoms with Gasteiger partial charge < -0.3 is 10.4 Å². The highest BCUT2D eigenvalue weighted by molar-refractivity contribution is 5.95. The molecule has 0 radical (unpaired) electrons. The van der Waals surface area contributed by atoms with Gasteiger partial charge in [-0.25, -0.2) is 14.3 Å². The van der Waals surface area contributed by atoms with Crippen molar-refractivity contribution >= 4 is 17.5 Å². The Morgan fingerprint density at radius 2 is 2.30 bits per heavy atom. The molecule has 7 heteroatoms. The number of aromatic nitrogens is 3. The molecule has 2 N–H and O–H groups in total. The van der Waals surface area contributed by atoms with Crippen LogP contribution in [0, 0.1) is 0 Å². The normalized spacial score (nSPS) is 12.2. The second-order valence-electron chi connectivity index (χ2n) is 4.44. The lowest BCUT2D eigenvalue weighted by molar-refractivity contribution is -0.139. The molecule has 0 bridgehead atoms. The van der Waals surface area contributed by atoms with Crippen LogP contribution in [0.4, 0.5) is 0 Å². The van der Waals surface area contributed by atoms with Crippen LogP contribution in [-0.2, 0) is 4.79 Å². The number of aliphatic carboxylic acids is 1. The highest BCUT2D eigenvalue weighted by Gasteiger charge is 2.22. The second-order valence-corrected chi connectivity index (χ2v) is 4.44. The third-order valence-electron chi connectivity index (χ3n) is 2.96. The van der Waals surface area contributed by atoms with Gasteiger partial charge in [0.15, 0.2) is 5.65 Å². The Morgan fingerprint density at radius 3 is 3.00 bits per heavy atom. The first kappa shape index (κ1) is 14.0. The molecule has 1 amide bonds. The van der Waals surface area contributed by atoms with Crippen LogP contribution < -0.4 is 5.32 Å². The van der Waals surface area contributed by atoms with Gasteiger partial charge in [-0.2, -0.15) is 5.10 Å². The number of fused-ring (bicyclic) bond motifs is 1. The van der Waals surface area contributed by atoms with Crippen molar-refractivity contribution in [2.45, 2.75) is 32.2 Å². The number of carboxylic acids is 1. The molecule has 2 aromatic heterocycles. The Labute approximate surface area is 115 Å². The summed E-state index contributed by atoms with van der Waals surface area (Å²) in [4.78, 5) is 27.3. The Kier molecular flexibility index (Phi) is 4.29. The Bertz CT molecular complexity index is 623. The van der Waals surface area contributed by atoms with Gasteiger partial charge in [0.2, 0.25) is 0 Å². The number of carbonyl (C=O) groups is 2. The molecule has 20 heavy (non-hydrogen) atoms. The van der Waals surface area contributed by atoms with Gasteiger partial charge >= 0.3 is 5.97 Å². The van der Waals surface area contributed by atoms with Gasteiger partial charge in [0.1, 0.15) is 11.7 Å². The topological polar surface area (TPSA) is 96.6 Å². The number of amides is 1. The fourth-order valence-corrected chi connectivity index (χ4v) is 1.88. The molecule has 0 spiro atoms. The Morgan fingerprint density at radius 1 is 1.50 bits per heavy atom. The highest BCUT2D eigenvalue weighted by atomic mass is 16.4. The number of unbranched alkanes of at least 4 members (excludes halogenated alkanes) is 1. The van der Waals surface area contributed by atoms with Crippen LogP contribution in [0.15, 0.2) is 24.5 Å². The fourth-order valence-electron chi connectivity index (χ4n) is 1.88. The number of imidazole rings is 1. The van der Waals surface area contributed by atoms with Gasteiger partial charge in [0, 0.05) is 6.20 Å². The molecule has 2 heterocycles.